The molecule has 0 radical (unpaired) electrons. The van der Waals surface area contributed by atoms with Crippen molar-refractivity contribution < 1.29 is 33.6 Å². The number of ether oxygens (including phenoxy) is 5. The fraction of sp³-hybridized carbons (Fsp3) is 0.853. The Bertz CT molecular complexity index is 1000. The minimum absolute atomic E-state index is 0.0132. The maximum absolute atomic E-state index is 13.9. The number of allylic oxidation sites excluding steroid dienone is 3. The Hall–Kier alpha value is -1.29. The third kappa shape index (κ3) is 6.01. The summed E-state index contributed by atoms with van der Waals surface area (Å²) in [4.78, 5) is 13.9. The van der Waals surface area contributed by atoms with Crippen molar-refractivity contribution in [2.75, 3.05) is 14.2 Å². The van der Waals surface area contributed by atoms with E-state index in [9.17, 15) is 9.90 Å². The molecule has 2 saturated carbocycles. The number of rotatable bonds is 5. The molecule has 42 heavy (non-hydrogen) atoms. The smallest absolute Gasteiger partial charge is 0.163 e. The SMILES string of the molecule is C=C1C[C@@H]2C(=C[C@H]3[C@@H]4C[C@H](O[C@@H]5OC(C)[C@H](OC)C(OC)C5C)C[C@H]4[C@@H](O)[C@H](N)[C@H]32)C(=O)[C@H](C)CCCC[C@H](CC)O1. The van der Waals surface area contributed by atoms with Gasteiger partial charge in [-0.15, -0.1) is 0 Å². The second-order valence-corrected chi connectivity index (χ2v) is 13.9. The van der Waals surface area contributed by atoms with Crippen LogP contribution < -0.4 is 5.73 Å². The fourth-order valence-electron chi connectivity index (χ4n) is 9.14. The van der Waals surface area contributed by atoms with Gasteiger partial charge in [0.15, 0.2) is 12.1 Å². The van der Waals surface area contributed by atoms with Crippen LogP contribution in [-0.2, 0) is 28.5 Å². The van der Waals surface area contributed by atoms with E-state index in [1.807, 2.05) is 6.92 Å². The molecule has 0 spiro atoms. The van der Waals surface area contributed by atoms with Gasteiger partial charge in [0.2, 0.25) is 0 Å². The standard InChI is InChI=1S/C34H55NO7/c1-8-21-12-10-9-11-17(2)30(36)27-16-25-23-14-22(42-34-19(4)32(38-6)33(39-7)20(5)41-34)15-26(23)31(37)29(35)28(25)24(27)13-18(3)40-21/h16-17,19-26,28-29,31-34,37H,3,8-15,35H2,1-2,4-7H3/t17-,19?,20?,21+,22+,23+,24-,25+,26-,28+,29-,31-,32?,33+,34+/m1/s1. The van der Waals surface area contributed by atoms with Crippen molar-refractivity contribution in [2.45, 2.75) is 128 Å². The summed E-state index contributed by atoms with van der Waals surface area (Å²) in [7, 11) is 3.39. The summed E-state index contributed by atoms with van der Waals surface area (Å²) in [5, 5.41) is 11.6. The summed E-state index contributed by atoms with van der Waals surface area (Å²) < 4.78 is 30.8. The second kappa shape index (κ2) is 13.4. The van der Waals surface area contributed by atoms with Crippen LogP contribution in [0.15, 0.2) is 24.0 Å². The van der Waals surface area contributed by atoms with Crippen LogP contribution in [0.3, 0.4) is 0 Å². The summed E-state index contributed by atoms with van der Waals surface area (Å²) >= 11 is 0. The number of hydrogen-bond acceptors (Lipinski definition) is 8. The van der Waals surface area contributed by atoms with Crippen LogP contribution >= 0.6 is 0 Å². The molecule has 5 rings (SSSR count). The van der Waals surface area contributed by atoms with Gasteiger partial charge in [0.05, 0.1) is 36.3 Å². The molecule has 3 unspecified atom stereocenters. The monoisotopic (exact) mass is 589 g/mol. The maximum Gasteiger partial charge on any atom is 0.163 e. The van der Waals surface area contributed by atoms with Gasteiger partial charge in [-0.1, -0.05) is 39.8 Å². The molecule has 3 aliphatic carbocycles. The molecule has 8 heteroatoms. The maximum atomic E-state index is 13.9. The van der Waals surface area contributed by atoms with E-state index < -0.39 is 18.4 Å². The van der Waals surface area contributed by atoms with Gasteiger partial charge in [-0.3, -0.25) is 4.79 Å². The van der Waals surface area contributed by atoms with Gasteiger partial charge in [-0.2, -0.15) is 0 Å². The zero-order chi connectivity index (χ0) is 30.3. The van der Waals surface area contributed by atoms with E-state index in [1.54, 1.807) is 14.2 Å². The van der Waals surface area contributed by atoms with Gasteiger partial charge in [-0.25, -0.2) is 0 Å². The van der Waals surface area contributed by atoms with Crippen molar-refractivity contribution in [3.63, 3.8) is 0 Å². The highest BCUT2D eigenvalue weighted by Gasteiger charge is 2.58. The first kappa shape index (κ1) is 32.1. The van der Waals surface area contributed by atoms with Crippen LogP contribution in [0.2, 0.25) is 0 Å². The first-order valence-corrected chi connectivity index (χ1v) is 16.5. The van der Waals surface area contributed by atoms with E-state index in [-0.39, 0.29) is 77.7 Å². The summed E-state index contributed by atoms with van der Waals surface area (Å²) in [5.41, 5.74) is 7.78. The van der Waals surface area contributed by atoms with Crippen LogP contribution in [0.4, 0.5) is 0 Å². The topological polar surface area (TPSA) is 109 Å². The molecule has 5 aliphatic rings. The molecule has 0 aromatic heterocycles. The normalized spacial score (nSPS) is 48.3. The highest BCUT2D eigenvalue weighted by molar-refractivity contribution is 5.98. The number of nitrogens with two attached hydrogens (primary N) is 1. The molecule has 238 valence electrons. The first-order chi connectivity index (χ1) is 20.1. The van der Waals surface area contributed by atoms with Crippen LogP contribution in [0.5, 0.6) is 0 Å². The number of ketones is 1. The van der Waals surface area contributed by atoms with E-state index in [0.29, 0.717) is 6.42 Å². The third-order valence-corrected chi connectivity index (χ3v) is 11.4. The molecule has 8 nitrogen and oxygen atoms in total. The molecule has 2 aliphatic heterocycles. The van der Waals surface area contributed by atoms with Crippen LogP contribution in [0, 0.1) is 41.4 Å². The van der Waals surface area contributed by atoms with Crippen molar-refractivity contribution >= 4 is 5.78 Å². The van der Waals surface area contributed by atoms with Crippen molar-refractivity contribution in [3.05, 3.63) is 24.0 Å². The molecule has 15 atom stereocenters. The Morgan fingerprint density at radius 1 is 1.07 bits per heavy atom. The highest BCUT2D eigenvalue weighted by atomic mass is 16.7. The van der Waals surface area contributed by atoms with E-state index in [0.717, 1.165) is 56.3 Å². The molecule has 0 aromatic rings. The van der Waals surface area contributed by atoms with E-state index in [1.165, 1.54) is 0 Å². The second-order valence-electron chi connectivity index (χ2n) is 13.9. The summed E-state index contributed by atoms with van der Waals surface area (Å²) in [6, 6.07) is -0.426. The summed E-state index contributed by atoms with van der Waals surface area (Å²) in [6.45, 7) is 12.6. The van der Waals surface area contributed by atoms with Crippen LogP contribution in [-0.4, -0.2) is 74.1 Å². The van der Waals surface area contributed by atoms with Gasteiger partial charge in [0.1, 0.15) is 6.10 Å². The van der Waals surface area contributed by atoms with Gasteiger partial charge < -0.3 is 34.5 Å². The minimum Gasteiger partial charge on any atom is -0.495 e. The summed E-state index contributed by atoms with van der Waals surface area (Å²) in [6.07, 6.45) is 7.76. The van der Waals surface area contributed by atoms with Crippen LogP contribution in [0.25, 0.3) is 0 Å². The van der Waals surface area contributed by atoms with Crippen molar-refractivity contribution in [1.29, 1.82) is 0 Å². The lowest BCUT2D eigenvalue weighted by Crippen LogP contribution is -2.55. The lowest BCUT2D eigenvalue weighted by Gasteiger charge is -2.46. The Balaban J connectivity index is 1.37. The molecule has 0 aromatic carbocycles. The number of hydrogen-bond donors (Lipinski definition) is 2. The molecule has 0 bridgehead atoms. The minimum atomic E-state index is -0.655. The predicted molar refractivity (Wildman–Crippen MR) is 160 cm³/mol. The molecule has 4 fully saturated rings. The number of aliphatic hydroxyl groups is 1. The molecule has 0 amide bonds. The number of aliphatic hydroxyl groups excluding tert-OH is 1. The average molecular weight is 590 g/mol. The predicted octanol–water partition coefficient (Wildman–Crippen LogP) is 4.78. The summed E-state index contributed by atoms with van der Waals surface area (Å²) in [5.74, 6) is 1.13. The molecule has 2 heterocycles. The van der Waals surface area contributed by atoms with Gasteiger partial charge in [-0.05, 0) is 80.6 Å². The Labute approximate surface area is 252 Å². The average Bonchev–Trinajstić information content (AvgIpc) is 3.55. The molecule has 3 N–H and O–H groups in total. The van der Waals surface area contributed by atoms with Gasteiger partial charge in [0.25, 0.3) is 0 Å². The van der Waals surface area contributed by atoms with Gasteiger partial charge in [0, 0.05) is 38.5 Å². The first-order valence-electron chi connectivity index (χ1n) is 16.5. The van der Waals surface area contributed by atoms with Crippen molar-refractivity contribution in [1.82, 2.24) is 0 Å². The van der Waals surface area contributed by atoms with Crippen molar-refractivity contribution in [2.24, 2.45) is 47.2 Å². The molecule has 2 saturated heterocycles. The van der Waals surface area contributed by atoms with Crippen molar-refractivity contribution in [3.8, 4) is 0 Å². The zero-order valence-corrected chi connectivity index (χ0v) is 26.6. The molecular formula is C34H55NO7. The zero-order valence-electron chi connectivity index (χ0n) is 26.6. The Morgan fingerprint density at radius 2 is 1.76 bits per heavy atom. The van der Waals surface area contributed by atoms with E-state index in [2.05, 4.69) is 33.4 Å². The lowest BCUT2D eigenvalue weighted by atomic mass is 9.62. The Kier molecular flexibility index (Phi) is 10.2. The van der Waals surface area contributed by atoms with Gasteiger partial charge >= 0.3 is 0 Å². The van der Waals surface area contributed by atoms with Crippen LogP contribution in [0.1, 0.15) is 79.1 Å². The van der Waals surface area contributed by atoms with E-state index >= 15 is 0 Å². The largest absolute Gasteiger partial charge is 0.495 e. The highest BCUT2D eigenvalue weighted by Crippen LogP contribution is 2.57. The number of fused-ring (bicyclic) bond motifs is 5. The third-order valence-electron chi connectivity index (χ3n) is 11.4. The lowest BCUT2D eigenvalue weighted by molar-refractivity contribution is -0.292. The molecular weight excluding hydrogens is 534 g/mol. The number of methoxy groups -OCH3 is 2. The Morgan fingerprint density at radius 3 is 2.45 bits per heavy atom. The number of carbonyl (C=O) groups excluding carboxylic acids is 1. The quantitative estimate of drug-likeness (QED) is 0.472. The van der Waals surface area contributed by atoms with E-state index in [4.69, 9.17) is 29.4 Å². The number of Topliss-reactive ketones (excluding diaryl/α,β-unsaturated/α-hetero) is 1. The fourth-order valence-corrected chi connectivity index (χ4v) is 9.14. The number of carbonyl (C=O) groups is 1.